The van der Waals surface area contributed by atoms with Gasteiger partial charge in [0.05, 0.1) is 39.7 Å². The number of hydrogen-bond donors (Lipinski definition) is 3. The smallest absolute Gasteiger partial charge is 0.335 e. The van der Waals surface area contributed by atoms with Crippen LogP contribution in [0.5, 0.6) is 17.2 Å². The second-order valence-corrected chi connectivity index (χ2v) is 9.03. The summed E-state index contributed by atoms with van der Waals surface area (Å²) >= 11 is 0. The SMILES string of the molecule is CC1C(C(=O)O)=C(N)c2c(OCC(C)(C)NC(=O)c3cccc4c3OCCO4)cccc2N1C. The number of carboxylic acids is 1. The summed E-state index contributed by atoms with van der Waals surface area (Å²) in [6, 6.07) is 10.2. The van der Waals surface area contributed by atoms with E-state index in [1.54, 1.807) is 31.2 Å². The van der Waals surface area contributed by atoms with E-state index in [2.05, 4.69) is 5.32 Å². The molecule has 0 saturated carbocycles. The van der Waals surface area contributed by atoms with Crippen molar-refractivity contribution in [3.8, 4) is 17.2 Å². The molecule has 2 aromatic rings. The molecule has 0 radical (unpaired) electrons. The van der Waals surface area contributed by atoms with Gasteiger partial charge in [-0.15, -0.1) is 0 Å². The van der Waals surface area contributed by atoms with E-state index in [0.717, 1.165) is 5.69 Å². The Bertz CT molecular complexity index is 1170. The Morgan fingerprint density at radius 2 is 1.91 bits per heavy atom. The number of fused-ring (bicyclic) bond motifs is 2. The number of nitrogens with zero attached hydrogens (tertiary/aromatic N) is 1. The normalized spacial score (nSPS) is 17.2. The van der Waals surface area contributed by atoms with Gasteiger partial charge in [0.15, 0.2) is 11.5 Å². The number of likely N-dealkylation sites (N-methyl/N-ethyl adjacent to an activating group) is 1. The minimum atomic E-state index is -1.07. The zero-order valence-corrected chi connectivity index (χ0v) is 19.7. The lowest BCUT2D eigenvalue weighted by atomic mass is 9.93. The Morgan fingerprint density at radius 3 is 2.65 bits per heavy atom. The number of anilines is 1. The van der Waals surface area contributed by atoms with Crippen molar-refractivity contribution in [2.24, 2.45) is 5.73 Å². The van der Waals surface area contributed by atoms with Crippen LogP contribution in [0.15, 0.2) is 42.0 Å². The van der Waals surface area contributed by atoms with Gasteiger partial charge in [0.1, 0.15) is 25.6 Å². The number of rotatable bonds is 6. The summed E-state index contributed by atoms with van der Waals surface area (Å²) in [6.45, 7) is 6.41. The highest BCUT2D eigenvalue weighted by Gasteiger charge is 2.34. The summed E-state index contributed by atoms with van der Waals surface area (Å²) in [6.07, 6.45) is 0. The lowest BCUT2D eigenvalue weighted by molar-refractivity contribution is -0.132. The Hall–Kier alpha value is -3.88. The van der Waals surface area contributed by atoms with Crippen LogP contribution < -0.4 is 30.2 Å². The van der Waals surface area contributed by atoms with Crippen molar-refractivity contribution in [3.63, 3.8) is 0 Å². The lowest BCUT2D eigenvalue weighted by Gasteiger charge is -2.36. The van der Waals surface area contributed by atoms with Crippen LogP contribution in [-0.2, 0) is 4.79 Å². The number of ether oxygens (including phenoxy) is 3. The third-order valence-corrected chi connectivity index (χ3v) is 6.02. The van der Waals surface area contributed by atoms with Gasteiger partial charge in [0, 0.05) is 7.05 Å². The van der Waals surface area contributed by atoms with Crippen molar-refractivity contribution in [1.82, 2.24) is 5.32 Å². The predicted molar refractivity (Wildman–Crippen MR) is 128 cm³/mol. The van der Waals surface area contributed by atoms with E-state index in [-0.39, 0.29) is 29.8 Å². The van der Waals surface area contributed by atoms with Gasteiger partial charge in [-0.25, -0.2) is 4.79 Å². The van der Waals surface area contributed by atoms with E-state index in [1.807, 2.05) is 37.9 Å². The molecule has 9 heteroatoms. The van der Waals surface area contributed by atoms with Gasteiger partial charge in [-0.3, -0.25) is 4.79 Å². The fourth-order valence-corrected chi connectivity index (χ4v) is 4.18. The number of hydrogen-bond acceptors (Lipinski definition) is 7. The molecule has 180 valence electrons. The molecule has 0 bridgehead atoms. The molecule has 1 unspecified atom stereocenters. The fourth-order valence-electron chi connectivity index (χ4n) is 4.18. The quantitative estimate of drug-likeness (QED) is 0.593. The highest BCUT2D eigenvalue weighted by atomic mass is 16.6. The summed E-state index contributed by atoms with van der Waals surface area (Å²) in [7, 11) is 1.82. The van der Waals surface area contributed by atoms with Crippen LogP contribution in [0.25, 0.3) is 5.70 Å². The molecule has 1 atom stereocenters. The van der Waals surface area contributed by atoms with Gasteiger partial charge in [0.25, 0.3) is 5.91 Å². The highest BCUT2D eigenvalue weighted by molar-refractivity contribution is 6.02. The minimum absolute atomic E-state index is 0.120. The summed E-state index contributed by atoms with van der Waals surface area (Å²) in [5, 5.41) is 12.7. The molecule has 4 N–H and O–H groups in total. The van der Waals surface area contributed by atoms with Gasteiger partial charge in [0.2, 0.25) is 0 Å². The largest absolute Gasteiger partial charge is 0.490 e. The topological polar surface area (TPSA) is 123 Å². The first-order chi connectivity index (χ1) is 16.1. The van der Waals surface area contributed by atoms with Crippen LogP contribution in [0.2, 0.25) is 0 Å². The molecule has 0 fully saturated rings. The third kappa shape index (κ3) is 4.21. The summed E-state index contributed by atoms with van der Waals surface area (Å²) in [5.74, 6) is 0.0354. The molecule has 0 aromatic heterocycles. The Kier molecular flexibility index (Phi) is 6.03. The van der Waals surface area contributed by atoms with E-state index in [0.29, 0.717) is 41.6 Å². The van der Waals surface area contributed by atoms with E-state index in [9.17, 15) is 14.7 Å². The fraction of sp³-hybridized carbons (Fsp3) is 0.360. The van der Waals surface area contributed by atoms with Crippen molar-refractivity contribution in [1.29, 1.82) is 0 Å². The minimum Gasteiger partial charge on any atom is -0.490 e. The lowest BCUT2D eigenvalue weighted by Crippen LogP contribution is -2.48. The molecule has 0 saturated heterocycles. The number of carbonyl (C=O) groups is 2. The van der Waals surface area contributed by atoms with E-state index < -0.39 is 11.5 Å². The van der Waals surface area contributed by atoms with Crippen LogP contribution in [0, 0.1) is 0 Å². The Labute approximate surface area is 198 Å². The van der Waals surface area contributed by atoms with Crippen molar-refractivity contribution in [3.05, 3.63) is 53.1 Å². The average Bonchev–Trinajstić information content (AvgIpc) is 2.80. The molecule has 2 aromatic carbocycles. The molecule has 2 aliphatic heterocycles. The number of nitrogens with one attached hydrogen (secondary N) is 1. The Balaban J connectivity index is 1.55. The van der Waals surface area contributed by atoms with Crippen molar-refractivity contribution >= 4 is 23.3 Å². The molecule has 0 spiro atoms. The molecule has 0 aliphatic carbocycles. The number of amides is 1. The van der Waals surface area contributed by atoms with Crippen molar-refractivity contribution in [2.45, 2.75) is 32.4 Å². The molecule has 1 amide bonds. The first-order valence-corrected chi connectivity index (χ1v) is 11.0. The first kappa shape index (κ1) is 23.3. The molecular weight excluding hydrogens is 438 g/mol. The summed E-state index contributed by atoms with van der Waals surface area (Å²) in [4.78, 5) is 26.7. The van der Waals surface area contributed by atoms with Gasteiger partial charge in [-0.1, -0.05) is 12.1 Å². The monoisotopic (exact) mass is 467 g/mol. The van der Waals surface area contributed by atoms with Crippen LogP contribution >= 0.6 is 0 Å². The van der Waals surface area contributed by atoms with Gasteiger partial charge in [-0.05, 0) is 45.0 Å². The van der Waals surface area contributed by atoms with Crippen LogP contribution in [0.1, 0.15) is 36.7 Å². The number of benzene rings is 2. The van der Waals surface area contributed by atoms with Gasteiger partial charge < -0.3 is 35.3 Å². The zero-order chi connectivity index (χ0) is 24.6. The van der Waals surface area contributed by atoms with Gasteiger partial charge >= 0.3 is 5.97 Å². The maximum Gasteiger partial charge on any atom is 0.335 e. The second kappa shape index (κ2) is 8.81. The molecule has 2 aliphatic rings. The molecule has 34 heavy (non-hydrogen) atoms. The summed E-state index contributed by atoms with van der Waals surface area (Å²) in [5.41, 5.74) is 7.54. The van der Waals surface area contributed by atoms with Crippen molar-refractivity contribution in [2.75, 3.05) is 31.8 Å². The van der Waals surface area contributed by atoms with Crippen LogP contribution in [0.3, 0.4) is 0 Å². The van der Waals surface area contributed by atoms with Crippen LogP contribution in [0.4, 0.5) is 5.69 Å². The van der Waals surface area contributed by atoms with E-state index in [1.165, 1.54) is 0 Å². The number of para-hydroxylation sites is 1. The summed E-state index contributed by atoms with van der Waals surface area (Å²) < 4.78 is 17.3. The predicted octanol–water partition coefficient (Wildman–Crippen LogP) is 2.64. The number of carboxylic acid groups (broad SMARTS) is 1. The maximum absolute atomic E-state index is 13.0. The standard InChI is InChI=1S/C25H29N3O6/c1-14-19(24(30)31)21(26)20-16(28(14)4)8-6-9-17(20)34-13-25(2,3)27-23(29)15-7-5-10-18-22(15)33-12-11-32-18/h5-10,14H,11-13,26H2,1-4H3,(H,27,29)(H,30,31). The second-order valence-electron chi connectivity index (χ2n) is 9.03. The van der Waals surface area contributed by atoms with E-state index >= 15 is 0 Å². The molecule has 9 nitrogen and oxygen atoms in total. The number of carbonyl (C=O) groups excluding carboxylic acids is 1. The third-order valence-electron chi connectivity index (χ3n) is 6.02. The average molecular weight is 468 g/mol. The number of nitrogens with two attached hydrogens (primary N) is 1. The highest BCUT2D eigenvalue weighted by Crippen LogP contribution is 2.40. The molecule has 2 heterocycles. The first-order valence-electron chi connectivity index (χ1n) is 11.0. The molecular formula is C25H29N3O6. The maximum atomic E-state index is 13.0. The van der Waals surface area contributed by atoms with Crippen molar-refractivity contribution < 1.29 is 28.9 Å². The van der Waals surface area contributed by atoms with E-state index in [4.69, 9.17) is 19.9 Å². The molecule has 4 rings (SSSR count). The number of aliphatic carboxylic acids is 1. The van der Waals surface area contributed by atoms with Crippen LogP contribution in [-0.4, -0.2) is 55.4 Å². The Morgan fingerprint density at radius 1 is 1.21 bits per heavy atom. The van der Waals surface area contributed by atoms with Gasteiger partial charge in [-0.2, -0.15) is 0 Å². The zero-order valence-electron chi connectivity index (χ0n) is 19.7.